The quantitative estimate of drug-likeness (QED) is 0.709. The molecule has 0 spiro atoms. The number of aromatic nitrogens is 2. The average molecular weight is 244 g/mol. The Morgan fingerprint density at radius 2 is 2.22 bits per heavy atom. The number of hydrazine groups is 1. The summed E-state index contributed by atoms with van der Waals surface area (Å²) in [4.78, 5) is 19.7. The molecular formula is C13H16N4O. The molecule has 5 nitrogen and oxygen atoms in total. The van der Waals surface area contributed by atoms with Crippen molar-refractivity contribution in [2.24, 2.45) is 0 Å². The molecule has 5 heteroatoms. The number of carbonyl (C=O) groups is 1. The van der Waals surface area contributed by atoms with Gasteiger partial charge in [-0.1, -0.05) is 6.07 Å². The fourth-order valence-corrected chi connectivity index (χ4v) is 2.44. The molecule has 2 aromatic rings. The molecule has 3 rings (SSSR count). The minimum Gasteiger partial charge on any atom is -0.342 e. The highest BCUT2D eigenvalue weighted by Gasteiger charge is 2.51. The van der Waals surface area contributed by atoms with Crippen molar-refractivity contribution >= 4 is 16.9 Å². The first kappa shape index (κ1) is 11.2. The molecule has 1 aliphatic rings. The third-order valence-corrected chi connectivity index (χ3v) is 3.58. The first-order valence-corrected chi connectivity index (χ1v) is 6.10. The maximum atomic E-state index is 12.1. The van der Waals surface area contributed by atoms with E-state index in [2.05, 4.69) is 20.8 Å². The predicted octanol–water partition coefficient (Wildman–Crippen LogP) is 1.15. The first-order valence-electron chi connectivity index (χ1n) is 6.10. The molecular weight excluding hydrogens is 228 g/mol. The average Bonchev–Trinajstić information content (AvgIpc) is 3.06. The number of carbonyl (C=O) groups excluding carboxylic acids is 1. The Labute approximate surface area is 105 Å². The second kappa shape index (κ2) is 3.81. The number of nitrogens with zero attached hydrogens (tertiary/aromatic N) is 1. The van der Waals surface area contributed by atoms with Crippen LogP contribution >= 0.6 is 0 Å². The SMILES string of the molecule is CNNC(=O)C1(c2ccc3nc(C)[nH]c3c2)CC1. The van der Waals surface area contributed by atoms with Gasteiger partial charge in [-0.15, -0.1) is 0 Å². The third-order valence-electron chi connectivity index (χ3n) is 3.58. The van der Waals surface area contributed by atoms with E-state index in [-0.39, 0.29) is 11.3 Å². The number of amides is 1. The van der Waals surface area contributed by atoms with Gasteiger partial charge in [0.05, 0.1) is 16.4 Å². The number of H-pyrrole nitrogens is 1. The lowest BCUT2D eigenvalue weighted by atomic mass is 9.95. The number of hydrogen-bond acceptors (Lipinski definition) is 3. The Morgan fingerprint density at radius 3 is 2.89 bits per heavy atom. The lowest BCUT2D eigenvalue weighted by Crippen LogP contribution is -2.41. The smallest absolute Gasteiger partial charge is 0.244 e. The number of aryl methyl sites for hydroxylation is 1. The van der Waals surface area contributed by atoms with Gasteiger partial charge >= 0.3 is 0 Å². The number of aromatic amines is 1. The van der Waals surface area contributed by atoms with Gasteiger partial charge in [-0.3, -0.25) is 10.2 Å². The maximum Gasteiger partial charge on any atom is 0.244 e. The summed E-state index contributed by atoms with van der Waals surface area (Å²) in [6.07, 6.45) is 1.80. The van der Waals surface area contributed by atoms with E-state index in [1.807, 2.05) is 25.1 Å². The van der Waals surface area contributed by atoms with Crippen LogP contribution in [0.2, 0.25) is 0 Å². The summed E-state index contributed by atoms with van der Waals surface area (Å²) in [6, 6.07) is 6.02. The molecule has 0 atom stereocenters. The lowest BCUT2D eigenvalue weighted by Gasteiger charge is -2.15. The summed E-state index contributed by atoms with van der Waals surface area (Å²) in [7, 11) is 1.70. The summed E-state index contributed by atoms with van der Waals surface area (Å²) in [5, 5.41) is 0. The Bertz CT molecular complexity index is 612. The van der Waals surface area contributed by atoms with Gasteiger partial charge in [0.15, 0.2) is 0 Å². The third kappa shape index (κ3) is 1.59. The molecule has 0 aliphatic heterocycles. The molecule has 1 aliphatic carbocycles. The van der Waals surface area contributed by atoms with Gasteiger partial charge in [0.2, 0.25) is 5.91 Å². The van der Waals surface area contributed by atoms with E-state index >= 15 is 0 Å². The zero-order valence-electron chi connectivity index (χ0n) is 10.5. The molecule has 1 aromatic heterocycles. The Balaban J connectivity index is 2.01. The van der Waals surface area contributed by atoms with Crippen LogP contribution in [0.15, 0.2) is 18.2 Å². The van der Waals surface area contributed by atoms with Gasteiger partial charge in [0.1, 0.15) is 5.82 Å². The fraction of sp³-hybridized carbons (Fsp3) is 0.385. The normalized spacial score (nSPS) is 16.8. The predicted molar refractivity (Wildman–Crippen MR) is 68.9 cm³/mol. The van der Waals surface area contributed by atoms with E-state index in [0.29, 0.717) is 0 Å². The molecule has 1 fully saturated rings. The number of rotatable bonds is 3. The lowest BCUT2D eigenvalue weighted by molar-refractivity contribution is -0.124. The largest absolute Gasteiger partial charge is 0.342 e. The van der Waals surface area contributed by atoms with Crippen molar-refractivity contribution in [1.29, 1.82) is 0 Å². The first-order chi connectivity index (χ1) is 8.65. The summed E-state index contributed by atoms with van der Waals surface area (Å²) < 4.78 is 0. The monoisotopic (exact) mass is 244 g/mol. The highest BCUT2D eigenvalue weighted by Crippen LogP contribution is 2.48. The van der Waals surface area contributed by atoms with Crippen molar-refractivity contribution in [3.63, 3.8) is 0 Å². The van der Waals surface area contributed by atoms with Crippen molar-refractivity contribution < 1.29 is 4.79 Å². The van der Waals surface area contributed by atoms with Crippen LogP contribution in [0, 0.1) is 6.92 Å². The summed E-state index contributed by atoms with van der Waals surface area (Å²) in [6.45, 7) is 1.93. The van der Waals surface area contributed by atoms with Crippen LogP contribution in [-0.4, -0.2) is 22.9 Å². The minimum atomic E-state index is -0.351. The van der Waals surface area contributed by atoms with E-state index in [4.69, 9.17) is 0 Å². The second-order valence-electron chi connectivity index (χ2n) is 4.84. The molecule has 1 saturated carbocycles. The van der Waals surface area contributed by atoms with Crippen LogP contribution < -0.4 is 10.9 Å². The molecule has 1 aromatic carbocycles. The highest BCUT2D eigenvalue weighted by atomic mass is 16.2. The van der Waals surface area contributed by atoms with Crippen LogP contribution in [-0.2, 0) is 10.2 Å². The Hall–Kier alpha value is -1.88. The number of fused-ring (bicyclic) bond motifs is 1. The van der Waals surface area contributed by atoms with Crippen molar-refractivity contribution in [2.45, 2.75) is 25.2 Å². The van der Waals surface area contributed by atoms with Crippen LogP contribution in [0.5, 0.6) is 0 Å². The van der Waals surface area contributed by atoms with Crippen LogP contribution in [0.3, 0.4) is 0 Å². The fourth-order valence-electron chi connectivity index (χ4n) is 2.44. The molecule has 1 heterocycles. The van der Waals surface area contributed by atoms with E-state index in [1.165, 1.54) is 0 Å². The van der Waals surface area contributed by atoms with Crippen molar-refractivity contribution in [3.8, 4) is 0 Å². The number of nitrogens with one attached hydrogen (secondary N) is 3. The molecule has 1 amide bonds. The number of benzene rings is 1. The highest BCUT2D eigenvalue weighted by molar-refractivity contribution is 5.92. The van der Waals surface area contributed by atoms with Crippen molar-refractivity contribution in [3.05, 3.63) is 29.6 Å². The topological polar surface area (TPSA) is 69.8 Å². The second-order valence-corrected chi connectivity index (χ2v) is 4.84. The van der Waals surface area contributed by atoms with Crippen LogP contribution in [0.1, 0.15) is 24.2 Å². The molecule has 3 N–H and O–H groups in total. The Morgan fingerprint density at radius 1 is 1.44 bits per heavy atom. The number of imidazole rings is 1. The van der Waals surface area contributed by atoms with E-state index in [0.717, 1.165) is 35.3 Å². The van der Waals surface area contributed by atoms with Gasteiger partial charge in [-0.25, -0.2) is 10.4 Å². The molecule has 18 heavy (non-hydrogen) atoms. The van der Waals surface area contributed by atoms with Gasteiger partial charge in [-0.2, -0.15) is 0 Å². The summed E-state index contributed by atoms with van der Waals surface area (Å²) in [5.41, 5.74) is 8.04. The van der Waals surface area contributed by atoms with Crippen molar-refractivity contribution in [2.75, 3.05) is 7.05 Å². The van der Waals surface area contributed by atoms with E-state index in [9.17, 15) is 4.79 Å². The zero-order chi connectivity index (χ0) is 12.8. The van der Waals surface area contributed by atoms with Gasteiger partial charge in [0, 0.05) is 7.05 Å². The molecule has 94 valence electrons. The molecule has 0 unspecified atom stereocenters. The van der Waals surface area contributed by atoms with Crippen LogP contribution in [0.25, 0.3) is 11.0 Å². The standard InChI is InChI=1S/C13H16N4O/c1-8-15-10-4-3-9(7-11(10)16-8)13(5-6-13)12(18)17-14-2/h3-4,7,14H,5-6H2,1-2H3,(H,15,16)(H,17,18). The van der Waals surface area contributed by atoms with Crippen LogP contribution in [0.4, 0.5) is 0 Å². The maximum absolute atomic E-state index is 12.1. The van der Waals surface area contributed by atoms with Crippen molar-refractivity contribution in [1.82, 2.24) is 20.8 Å². The minimum absolute atomic E-state index is 0.0422. The molecule has 0 radical (unpaired) electrons. The molecule has 0 saturated heterocycles. The van der Waals surface area contributed by atoms with E-state index < -0.39 is 0 Å². The van der Waals surface area contributed by atoms with Gasteiger partial charge in [0.25, 0.3) is 0 Å². The summed E-state index contributed by atoms with van der Waals surface area (Å²) >= 11 is 0. The van der Waals surface area contributed by atoms with E-state index in [1.54, 1.807) is 7.05 Å². The van der Waals surface area contributed by atoms with Gasteiger partial charge < -0.3 is 4.98 Å². The zero-order valence-corrected chi connectivity index (χ0v) is 10.5. The number of hydrogen-bond donors (Lipinski definition) is 3. The summed E-state index contributed by atoms with van der Waals surface area (Å²) in [5.74, 6) is 0.937. The van der Waals surface area contributed by atoms with Gasteiger partial charge in [-0.05, 0) is 37.5 Å². The molecule has 0 bridgehead atoms. The Kier molecular flexibility index (Phi) is 2.38.